The smallest absolute Gasteiger partial charge is 0.257 e. The van der Waals surface area contributed by atoms with E-state index < -0.39 is 0 Å². The van der Waals surface area contributed by atoms with Crippen LogP contribution in [0.5, 0.6) is 0 Å². The molecule has 1 atom stereocenters. The van der Waals surface area contributed by atoms with Crippen LogP contribution < -0.4 is 5.32 Å². The zero-order valence-electron chi connectivity index (χ0n) is 14.3. The highest BCUT2D eigenvalue weighted by Crippen LogP contribution is 2.37. The van der Waals surface area contributed by atoms with Crippen molar-refractivity contribution in [3.63, 3.8) is 0 Å². The number of aromatic nitrogens is 2. The Morgan fingerprint density at radius 1 is 1.32 bits per heavy atom. The molecule has 1 amide bonds. The summed E-state index contributed by atoms with van der Waals surface area (Å²) in [7, 11) is 0. The van der Waals surface area contributed by atoms with Crippen molar-refractivity contribution in [1.82, 2.24) is 14.9 Å². The maximum Gasteiger partial charge on any atom is 0.257 e. The van der Waals surface area contributed by atoms with Gasteiger partial charge >= 0.3 is 0 Å². The Bertz CT molecular complexity index is 738. The second-order valence-electron chi connectivity index (χ2n) is 6.79. The summed E-state index contributed by atoms with van der Waals surface area (Å²) in [6, 6.07) is 3.75. The maximum atomic E-state index is 12.6. The summed E-state index contributed by atoms with van der Waals surface area (Å²) in [5.74, 6) is 1.36. The zero-order chi connectivity index (χ0) is 17.3. The fourth-order valence-electron chi connectivity index (χ4n) is 3.74. The van der Waals surface area contributed by atoms with Crippen LogP contribution in [0.25, 0.3) is 0 Å². The molecule has 4 heterocycles. The van der Waals surface area contributed by atoms with E-state index in [9.17, 15) is 4.79 Å². The van der Waals surface area contributed by atoms with Crippen molar-refractivity contribution in [3.05, 3.63) is 42.1 Å². The van der Waals surface area contributed by atoms with Crippen molar-refractivity contribution in [2.75, 3.05) is 25.0 Å². The van der Waals surface area contributed by atoms with Gasteiger partial charge in [0.15, 0.2) is 0 Å². The van der Waals surface area contributed by atoms with Gasteiger partial charge in [-0.15, -0.1) is 0 Å². The lowest BCUT2D eigenvalue weighted by molar-refractivity contribution is -0.0388. The number of piperidine rings is 1. The lowest BCUT2D eigenvalue weighted by Gasteiger charge is -2.38. The Labute approximate surface area is 146 Å². The second-order valence-corrected chi connectivity index (χ2v) is 6.79. The third-order valence-electron chi connectivity index (χ3n) is 5.16. The van der Waals surface area contributed by atoms with Crippen LogP contribution in [-0.4, -0.2) is 52.1 Å². The summed E-state index contributed by atoms with van der Waals surface area (Å²) in [5, 5.41) is 3.34. The number of carbonyl (C=O) groups is 1. The number of likely N-dealkylation sites (tertiary alicyclic amines) is 1. The maximum absolute atomic E-state index is 12.6. The molecule has 0 aromatic carbocycles. The molecule has 2 aromatic heterocycles. The molecule has 0 radical (unpaired) electrons. The highest BCUT2D eigenvalue weighted by atomic mass is 16.5. The molecular weight excluding hydrogens is 320 g/mol. The van der Waals surface area contributed by atoms with E-state index in [1.54, 1.807) is 30.8 Å². The number of aryl methyl sites for hydroxylation is 1. The van der Waals surface area contributed by atoms with Gasteiger partial charge in [0.2, 0.25) is 5.95 Å². The number of hydrogen-bond donors (Lipinski definition) is 1. The predicted molar refractivity (Wildman–Crippen MR) is 91.3 cm³/mol. The van der Waals surface area contributed by atoms with Crippen LogP contribution >= 0.6 is 0 Å². The summed E-state index contributed by atoms with van der Waals surface area (Å²) in [5.41, 5.74) is 0.512. The Morgan fingerprint density at radius 3 is 2.76 bits per heavy atom. The summed E-state index contributed by atoms with van der Waals surface area (Å²) in [6.45, 7) is 3.88. The highest BCUT2D eigenvalue weighted by molar-refractivity contribution is 5.95. The Morgan fingerprint density at radius 2 is 2.08 bits per heavy atom. The molecule has 7 heteroatoms. The van der Waals surface area contributed by atoms with E-state index in [1.807, 2.05) is 11.8 Å². The Hall–Kier alpha value is -2.41. The molecule has 25 heavy (non-hydrogen) atoms. The molecule has 2 aromatic rings. The molecule has 1 unspecified atom stereocenters. The quantitative estimate of drug-likeness (QED) is 0.921. The van der Waals surface area contributed by atoms with Crippen LogP contribution in [0.4, 0.5) is 5.95 Å². The van der Waals surface area contributed by atoms with Gasteiger partial charge in [0.05, 0.1) is 30.1 Å². The number of hydrogen-bond acceptors (Lipinski definition) is 6. The number of ether oxygens (including phenoxy) is 1. The molecule has 0 aliphatic carbocycles. The minimum absolute atomic E-state index is 0.0476. The fourth-order valence-corrected chi connectivity index (χ4v) is 3.74. The highest BCUT2D eigenvalue weighted by Gasteiger charge is 2.43. The Kier molecular flexibility index (Phi) is 4.17. The molecule has 2 aliphatic heterocycles. The number of nitrogens with zero attached hydrogens (tertiary/aromatic N) is 3. The number of anilines is 1. The van der Waals surface area contributed by atoms with E-state index in [2.05, 4.69) is 15.3 Å². The first kappa shape index (κ1) is 16.1. The standard InChI is InChI=1S/C18H22N4O3/c1-13-15(3-10-24-13)16(23)22-8-4-18(5-9-22)11-14(12-25-18)21-17-19-6-2-7-20-17/h2-3,6-7,10,14H,4-5,8-9,11-12H2,1H3,(H,19,20,21). The van der Waals surface area contributed by atoms with Gasteiger partial charge < -0.3 is 19.4 Å². The number of rotatable bonds is 3. The van der Waals surface area contributed by atoms with Gasteiger partial charge in [-0.05, 0) is 38.3 Å². The molecule has 132 valence electrons. The number of amides is 1. The largest absolute Gasteiger partial charge is 0.469 e. The monoisotopic (exact) mass is 342 g/mol. The van der Waals surface area contributed by atoms with Gasteiger partial charge in [-0.25, -0.2) is 9.97 Å². The van der Waals surface area contributed by atoms with Crippen molar-refractivity contribution in [2.24, 2.45) is 0 Å². The summed E-state index contributed by atoms with van der Waals surface area (Å²) < 4.78 is 11.4. The molecule has 2 aliphatic rings. The van der Waals surface area contributed by atoms with Crippen molar-refractivity contribution in [3.8, 4) is 0 Å². The summed E-state index contributed by atoms with van der Waals surface area (Å²) in [6.07, 6.45) is 7.63. The van der Waals surface area contributed by atoms with Crippen molar-refractivity contribution >= 4 is 11.9 Å². The van der Waals surface area contributed by atoms with Gasteiger partial charge in [0.1, 0.15) is 5.76 Å². The normalized spacial score (nSPS) is 22.3. The van der Waals surface area contributed by atoms with Crippen LogP contribution in [0.3, 0.4) is 0 Å². The van der Waals surface area contributed by atoms with E-state index in [0.29, 0.717) is 37.0 Å². The number of furan rings is 1. The van der Waals surface area contributed by atoms with E-state index in [1.165, 1.54) is 0 Å². The lowest BCUT2D eigenvalue weighted by Crippen LogP contribution is -2.46. The molecule has 2 saturated heterocycles. The third-order valence-corrected chi connectivity index (χ3v) is 5.16. The molecule has 7 nitrogen and oxygen atoms in total. The molecule has 0 saturated carbocycles. The number of nitrogens with one attached hydrogen (secondary N) is 1. The molecule has 0 bridgehead atoms. The fraction of sp³-hybridized carbons (Fsp3) is 0.500. The predicted octanol–water partition coefficient (Wildman–Crippen LogP) is 2.25. The van der Waals surface area contributed by atoms with E-state index in [4.69, 9.17) is 9.15 Å². The van der Waals surface area contributed by atoms with Crippen LogP contribution in [-0.2, 0) is 4.74 Å². The first-order valence-electron chi connectivity index (χ1n) is 8.66. The van der Waals surface area contributed by atoms with Gasteiger partial charge in [-0.1, -0.05) is 0 Å². The summed E-state index contributed by atoms with van der Waals surface area (Å²) >= 11 is 0. The number of carbonyl (C=O) groups excluding carboxylic acids is 1. The first-order valence-corrected chi connectivity index (χ1v) is 8.66. The van der Waals surface area contributed by atoms with Crippen molar-refractivity contribution < 1.29 is 13.9 Å². The van der Waals surface area contributed by atoms with Gasteiger partial charge in [-0.2, -0.15) is 0 Å². The minimum Gasteiger partial charge on any atom is -0.469 e. The molecule has 2 fully saturated rings. The average Bonchev–Trinajstić information content (AvgIpc) is 3.23. The summed E-state index contributed by atoms with van der Waals surface area (Å²) in [4.78, 5) is 22.9. The second kappa shape index (κ2) is 6.48. The molecule has 4 rings (SSSR count). The first-order chi connectivity index (χ1) is 12.2. The zero-order valence-corrected chi connectivity index (χ0v) is 14.3. The minimum atomic E-state index is -0.144. The van der Waals surface area contributed by atoms with Gasteiger partial charge in [-0.3, -0.25) is 4.79 Å². The van der Waals surface area contributed by atoms with E-state index >= 15 is 0 Å². The molecule has 1 spiro atoms. The molecular formula is C18H22N4O3. The topological polar surface area (TPSA) is 80.5 Å². The lowest BCUT2D eigenvalue weighted by atomic mass is 9.87. The van der Waals surface area contributed by atoms with Crippen molar-refractivity contribution in [2.45, 2.75) is 37.8 Å². The molecule has 1 N–H and O–H groups in total. The Balaban J connectivity index is 1.34. The van der Waals surface area contributed by atoms with Gasteiger partial charge in [0, 0.05) is 25.5 Å². The van der Waals surface area contributed by atoms with Crippen LogP contribution in [0.1, 0.15) is 35.4 Å². The average molecular weight is 342 g/mol. The van der Waals surface area contributed by atoms with E-state index in [-0.39, 0.29) is 17.6 Å². The van der Waals surface area contributed by atoms with Gasteiger partial charge in [0.25, 0.3) is 5.91 Å². The van der Waals surface area contributed by atoms with Crippen molar-refractivity contribution in [1.29, 1.82) is 0 Å². The van der Waals surface area contributed by atoms with Crippen LogP contribution in [0, 0.1) is 6.92 Å². The van der Waals surface area contributed by atoms with Crippen LogP contribution in [0.2, 0.25) is 0 Å². The SMILES string of the molecule is Cc1occc1C(=O)N1CCC2(CC1)CC(Nc1ncccn1)CO2. The third kappa shape index (κ3) is 3.24. The van der Waals surface area contributed by atoms with Crippen LogP contribution in [0.15, 0.2) is 35.2 Å². The van der Waals surface area contributed by atoms with E-state index in [0.717, 1.165) is 19.3 Å².